The molecule has 1 rings (SSSR count). The summed E-state index contributed by atoms with van der Waals surface area (Å²) in [7, 11) is -1.41. The standard InChI is InChI=1S/C12H23N3O2Si.W.Y/c1-10(16)11(9-18(2,3)4)14-12(17)15-7-5-13-6-8-15;;/h11H,1,5-9H2,2-4H3,(H,14,17);;/q-2;;/t11-;;/m0../s1. The van der Waals surface area contributed by atoms with Gasteiger partial charge in [-0.2, -0.15) is 0 Å². The molecule has 0 aromatic rings. The smallest absolute Gasteiger partial charge is 0.317 e. The van der Waals surface area contributed by atoms with Gasteiger partial charge in [0.15, 0.2) is 0 Å². The molecule has 0 bridgehead atoms. The Morgan fingerprint density at radius 1 is 1.30 bits per heavy atom. The van der Waals surface area contributed by atoms with Crippen molar-refractivity contribution in [1.29, 1.82) is 0 Å². The zero-order valence-corrected chi connectivity index (χ0v) is 19.3. The largest absolute Gasteiger partial charge is 0.659 e. The van der Waals surface area contributed by atoms with Gasteiger partial charge in [-0.25, -0.2) is 4.79 Å². The van der Waals surface area contributed by atoms with Crippen molar-refractivity contribution in [2.24, 2.45) is 0 Å². The molecular weight excluding hydrogens is 519 g/mol. The quantitative estimate of drug-likeness (QED) is 0.433. The molecule has 0 aromatic carbocycles. The van der Waals surface area contributed by atoms with E-state index in [0.717, 1.165) is 6.04 Å². The van der Waals surface area contributed by atoms with Gasteiger partial charge in [0, 0.05) is 80.7 Å². The number of Topliss-reactive ketones (excluding diaryl/α,β-unsaturated/α-hetero) is 1. The van der Waals surface area contributed by atoms with E-state index in [1.807, 2.05) is 0 Å². The minimum atomic E-state index is -1.41. The molecule has 1 heterocycles. The van der Waals surface area contributed by atoms with Gasteiger partial charge in [-0.05, 0) is 6.04 Å². The second-order valence-corrected chi connectivity index (χ2v) is 11.4. The Morgan fingerprint density at radius 2 is 1.80 bits per heavy atom. The molecule has 0 saturated carbocycles. The van der Waals surface area contributed by atoms with Crippen molar-refractivity contribution in [2.45, 2.75) is 31.7 Å². The SMILES string of the molecule is [CH2-]C(=O)[C@H](C[Si](C)(C)C)NC(=O)N1CC[N-]CC1.[W].[Y]. The Morgan fingerprint density at radius 3 is 2.20 bits per heavy atom. The van der Waals surface area contributed by atoms with Crippen molar-refractivity contribution in [2.75, 3.05) is 26.2 Å². The Labute approximate surface area is 162 Å². The number of nitrogens with zero attached hydrogens (tertiary/aromatic N) is 2. The Hall–Kier alpha value is 0.779. The van der Waals surface area contributed by atoms with Gasteiger partial charge < -0.3 is 27.3 Å². The fourth-order valence-electron chi connectivity index (χ4n) is 1.91. The second-order valence-electron chi connectivity index (χ2n) is 5.89. The Bertz CT molecular complexity index is 320. The van der Waals surface area contributed by atoms with Gasteiger partial charge >= 0.3 is 6.03 Å². The number of carbonyl (C=O) groups excluding carboxylic acids is 2. The fourth-order valence-corrected chi connectivity index (χ4v) is 3.46. The second kappa shape index (κ2) is 10.5. The van der Waals surface area contributed by atoms with Gasteiger partial charge in [-0.1, -0.05) is 19.6 Å². The first-order valence-electron chi connectivity index (χ1n) is 6.34. The van der Waals surface area contributed by atoms with Crippen molar-refractivity contribution in [3.8, 4) is 0 Å². The molecule has 0 spiro atoms. The number of hydrogen-bond donors (Lipinski definition) is 1. The monoisotopic (exact) mass is 542 g/mol. The fraction of sp³-hybridized carbons (Fsp3) is 0.750. The summed E-state index contributed by atoms with van der Waals surface area (Å²) in [5.74, 6) is -0.201. The average molecular weight is 542 g/mol. The number of amides is 2. The summed E-state index contributed by atoms with van der Waals surface area (Å²) in [4.78, 5) is 25.2. The maximum absolute atomic E-state index is 12.0. The zero-order valence-electron chi connectivity index (χ0n) is 12.5. The summed E-state index contributed by atoms with van der Waals surface area (Å²) in [6.45, 7) is 12.6. The number of rotatable bonds is 4. The van der Waals surface area contributed by atoms with Crippen molar-refractivity contribution < 1.29 is 63.4 Å². The van der Waals surface area contributed by atoms with Crippen LogP contribution in [0.15, 0.2) is 0 Å². The molecule has 0 aliphatic carbocycles. The molecule has 5 nitrogen and oxygen atoms in total. The Kier molecular flexibility index (Phi) is 12.1. The third-order valence-corrected chi connectivity index (χ3v) is 4.48. The van der Waals surface area contributed by atoms with E-state index in [4.69, 9.17) is 0 Å². The number of ketones is 1. The van der Waals surface area contributed by atoms with Crippen LogP contribution in [0.1, 0.15) is 0 Å². The topological polar surface area (TPSA) is 63.5 Å². The predicted octanol–water partition coefficient (Wildman–Crippen LogP) is 1.49. The molecule has 0 unspecified atom stereocenters. The molecule has 1 aliphatic rings. The number of nitrogens with one attached hydrogen (secondary N) is 1. The number of urea groups is 1. The van der Waals surface area contributed by atoms with Gasteiger partial charge in [0.25, 0.3) is 0 Å². The minimum Gasteiger partial charge on any atom is -0.659 e. The van der Waals surface area contributed by atoms with E-state index in [9.17, 15) is 9.59 Å². The van der Waals surface area contributed by atoms with E-state index >= 15 is 0 Å². The van der Waals surface area contributed by atoms with Crippen LogP contribution in [0.5, 0.6) is 0 Å². The van der Waals surface area contributed by atoms with E-state index in [1.165, 1.54) is 0 Å². The molecule has 2 amide bonds. The third kappa shape index (κ3) is 8.93. The molecule has 20 heavy (non-hydrogen) atoms. The average Bonchev–Trinajstić information content (AvgIpc) is 2.27. The summed E-state index contributed by atoms with van der Waals surface area (Å²) >= 11 is 0. The minimum absolute atomic E-state index is 0. The normalized spacial score (nSPS) is 16.4. The predicted molar refractivity (Wildman–Crippen MR) is 75.5 cm³/mol. The van der Waals surface area contributed by atoms with Gasteiger partial charge in [0.1, 0.15) is 0 Å². The number of hydrogen-bond acceptors (Lipinski definition) is 2. The zero-order chi connectivity index (χ0) is 13.8. The molecule has 1 N–H and O–H groups in total. The third-order valence-electron chi connectivity index (χ3n) is 2.85. The molecule has 1 saturated heterocycles. The van der Waals surface area contributed by atoms with Gasteiger partial charge in [0.05, 0.1) is 6.04 Å². The van der Waals surface area contributed by atoms with Crippen LogP contribution < -0.4 is 5.32 Å². The summed E-state index contributed by atoms with van der Waals surface area (Å²) in [6.07, 6.45) is 0. The van der Waals surface area contributed by atoms with E-state index in [1.54, 1.807) is 4.90 Å². The summed E-state index contributed by atoms with van der Waals surface area (Å²) in [5.41, 5.74) is 0. The first kappa shape index (κ1) is 23.1. The van der Waals surface area contributed by atoms with Crippen molar-refractivity contribution in [3.63, 3.8) is 0 Å². The molecular formula is C12H23N3O2SiWY-2. The Balaban J connectivity index is 0. The molecule has 113 valence electrons. The van der Waals surface area contributed by atoms with Crippen molar-refractivity contribution in [1.82, 2.24) is 10.2 Å². The molecule has 1 radical (unpaired) electrons. The van der Waals surface area contributed by atoms with Crippen LogP contribution in [0.25, 0.3) is 5.32 Å². The van der Waals surface area contributed by atoms with Gasteiger partial charge in [0.2, 0.25) is 0 Å². The van der Waals surface area contributed by atoms with E-state index in [-0.39, 0.29) is 65.6 Å². The molecule has 1 atom stereocenters. The van der Waals surface area contributed by atoms with E-state index in [2.05, 4.69) is 37.2 Å². The van der Waals surface area contributed by atoms with E-state index in [0.29, 0.717) is 26.2 Å². The first-order chi connectivity index (χ1) is 8.29. The summed E-state index contributed by atoms with van der Waals surface area (Å²) < 4.78 is 0. The van der Waals surface area contributed by atoms with Crippen molar-refractivity contribution in [3.05, 3.63) is 12.2 Å². The number of carbonyl (C=O) groups is 2. The van der Waals surface area contributed by atoms with Crippen LogP contribution >= 0.6 is 0 Å². The summed E-state index contributed by atoms with van der Waals surface area (Å²) in [5, 5.41) is 7.00. The summed E-state index contributed by atoms with van der Waals surface area (Å²) in [6, 6.07) is 0.132. The van der Waals surface area contributed by atoms with Crippen molar-refractivity contribution >= 4 is 19.9 Å². The molecule has 0 aromatic heterocycles. The van der Waals surface area contributed by atoms with Crippen LogP contribution in [-0.4, -0.2) is 57.0 Å². The van der Waals surface area contributed by atoms with E-state index < -0.39 is 14.1 Å². The number of piperazine rings is 1. The van der Waals surface area contributed by atoms with Gasteiger partial charge in [-0.3, -0.25) is 0 Å². The van der Waals surface area contributed by atoms with Crippen LogP contribution in [0.3, 0.4) is 0 Å². The maximum Gasteiger partial charge on any atom is 0.317 e. The molecule has 1 fully saturated rings. The maximum atomic E-state index is 12.0. The van der Waals surface area contributed by atoms with Crippen LogP contribution in [0, 0.1) is 6.92 Å². The van der Waals surface area contributed by atoms with Crippen LogP contribution in [0.4, 0.5) is 4.79 Å². The molecule has 1 aliphatic heterocycles. The first-order valence-corrected chi connectivity index (χ1v) is 10.0. The van der Waals surface area contributed by atoms with Crippen LogP contribution in [0.2, 0.25) is 25.7 Å². The van der Waals surface area contributed by atoms with Gasteiger partial charge in [-0.15, -0.1) is 13.1 Å². The van der Waals surface area contributed by atoms with Crippen LogP contribution in [-0.2, 0) is 58.6 Å². The molecule has 8 heteroatoms.